The molecular weight excluding hydrogens is 248 g/mol. The van der Waals surface area contributed by atoms with Gasteiger partial charge in [-0.25, -0.2) is 0 Å². The number of hydrogen-bond donors (Lipinski definition) is 1. The molecule has 0 aromatic heterocycles. The van der Waals surface area contributed by atoms with Crippen LogP contribution in [0.4, 0.5) is 0 Å². The van der Waals surface area contributed by atoms with Crippen LogP contribution in [0.1, 0.15) is 45.7 Å². The summed E-state index contributed by atoms with van der Waals surface area (Å²) in [5.74, 6) is -0.789. The molecule has 2 nitrogen and oxygen atoms in total. The van der Waals surface area contributed by atoms with Gasteiger partial charge in [-0.05, 0) is 27.9 Å². The lowest BCUT2D eigenvalue weighted by Gasteiger charge is -2.18. The smallest absolute Gasteiger partial charge is 0.307 e. The van der Waals surface area contributed by atoms with Gasteiger partial charge < -0.3 is 5.11 Å². The second kappa shape index (κ2) is 4.76. The van der Waals surface area contributed by atoms with E-state index < -0.39 is 5.97 Å². The lowest BCUT2D eigenvalue weighted by atomic mass is 9.87. The monoisotopic (exact) mass is 272 g/mol. The van der Waals surface area contributed by atoms with E-state index >= 15 is 0 Å². The van der Waals surface area contributed by atoms with Gasteiger partial charge >= 0.3 is 5.97 Å². The molecule has 2 heteroatoms. The van der Waals surface area contributed by atoms with Crippen LogP contribution in [0.2, 0.25) is 0 Å². The maximum absolute atomic E-state index is 11.1. The van der Waals surface area contributed by atoms with Crippen LogP contribution in [0.5, 0.6) is 0 Å². The Balaban J connectivity index is 2.08. The molecule has 0 spiro atoms. The number of benzene rings is 1. The topological polar surface area (TPSA) is 37.3 Å². The summed E-state index contributed by atoms with van der Waals surface area (Å²) in [5.41, 5.74) is 2.48. The predicted octanol–water partition coefficient (Wildman–Crippen LogP) is 4.35. The number of hydrogen-bond acceptors (Lipinski definition) is 1. The minimum Gasteiger partial charge on any atom is -0.481 e. The molecule has 1 aliphatic rings. The molecule has 0 bridgehead atoms. The first-order valence-corrected chi connectivity index (χ1v) is 7.15. The van der Waals surface area contributed by atoms with E-state index in [4.69, 9.17) is 5.11 Å². The van der Waals surface area contributed by atoms with Gasteiger partial charge in [0.2, 0.25) is 0 Å². The molecule has 0 amide bonds. The predicted molar refractivity (Wildman–Crippen MR) is 82.6 cm³/mol. The molecule has 108 valence electrons. The first kappa shape index (κ1) is 14.8. The largest absolute Gasteiger partial charge is 0.481 e. The molecule has 0 radical (unpaired) electrons. The van der Waals surface area contributed by atoms with Gasteiger partial charge in [-0.1, -0.05) is 71.0 Å². The molecule has 1 saturated carbocycles. The first-order chi connectivity index (χ1) is 9.14. The molecule has 2 atom stereocenters. The lowest BCUT2D eigenvalue weighted by Crippen LogP contribution is -2.10. The standard InChI is InChI=1S/C18H24O2/c1-17(2,3)13-9-6-12(7-10-13)8-11-14-15(16(19)20)18(14,4)5/h6-11,14-15H,1-5H3,(H,19,20)/b11-8+. The Morgan fingerprint density at radius 3 is 2.15 bits per heavy atom. The molecular formula is C18H24O2. The van der Waals surface area contributed by atoms with Crippen LogP contribution in [0.15, 0.2) is 30.3 Å². The Morgan fingerprint density at radius 2 is 1.75 bits per heavy atom. The Bertz CT molecular complexity index is 530. The van der Waals surface area contributed by atoms with Gasteiger partial charge in [0.25, 0.3) is 0 Å². The Hall–Kier alpha value is -1.57. The van der Waals surface area contributed by atoms with Crippen LogP contribution < -0.4 is 0 Å². The number of rotatable bonds is 3. The maximum atomic E-state index is 11.1. The molecule has 1 aromatic carbocycles. The SMILES string of the molecule is CC(C)(C)c1ccc(/C=C/C2C(C(=O)O)C2(C)C)cc1. The van der Waals surface area contributed by atoms with E-state index in [1.54, 1.807) is 0 Å². The Morgan fingerprint density at radius 1 is 1.20 bits per heavy atom. The summed E-state index contributed by atoms with van der Waals surface area (Å²) in [6.07, 6.45) is 4.09. The second-order valence-corrected chi connectivity index (χ2v) is 7.39. The number of carboxylic acid groups (broad SMARTS) is 1. The van der Waals surface area contributed by atoms with Crippen molar-refractivity contribution in [3.8, 4) is 0 Å². The zero-order chi connectivity index (χ0) is 15.1. The minimum absolute atomic E-state index is 0.117. The van der Waals surface area contributed by atoms with Crippen molar-refractivity contribution in [1.82, 2.24) is 0 Å². The Kier molecular flexibility index (Phi) is 3.53. The molecule has 0 aliphatic heterocycles. The summed E-state index contributed by atoms with van der Waals surface area (Å²) in [6.45, 7) is 10.6. The van der Waals surface area contributed by atoms with Crippen molar-refractivity contribution >= 4 is 12.0 Å². The molecule has 0 heterocycles. The Labute approximate surface area is 121 Å². The molecule has 1 aromatic rings. The summed E-state index contributed by atoms with van der Waals surface area (Å²) >= 11 is 0. The average molecular weight is 272 g/mol. The van der Waals surface area contributed by atoms with Crippen molar-refractivity contribution in [2.45, 2.75) is 40.0 Å². The van der Waals surface area contributed by atoms with Gasteiger partial charge in [-0.3, -0.25) is 4.79 Å². The van der Waals surface area contributed by atoms with Crippen molar-refractivity contribution in [2.75, 3.05) is 0 Å². The zero-order valence-corrected chi connectivity index (χ0v) is 13.0. The lowest BCUT2D eigenvalue weighted by molar-refractivity contribution is -0.139. The molecule has 1 fully saturated rings. The fourth-order valence-corrected chi connectivity index (χ4v) is 2.82. The highest BCUT2D eigenvalue weighted by atomic mass is 16.4. The van der Waals surface area contributed by atoms with Crippen LogP contribution in [-0.2, 0) is 10.2 Å². The van der Waals surface area contributed by atoms with Crippen LogP contribution in [-0.4, -0.2) is 11.1 Å². The van der Waals surface area contributed by atoms with Crippen molar-refractivity contribution in [1.29, 1.82) is 0 Å². The first-order valence-electron chi connectivity index (χ1n) is 7.15. The van der Waals surface area contributed by atoms with Crippen molar-refractivity contribution in [3.05, 3.63) is 41.5 Å². The highest BCUT2D eigenvalue weighted by molar-refractivity contribution is 5.76. The minimum atomic E-state index is -0.687. The molecule has 2 unspecified atom stereocenters. The van der Waals surface area contributed by atoms with Crippen LogP contribution in [0.25, 0.3) is 6.08 Å². The van der Waals surface area contributed by atoms with Crippen molar-refractivity contribution in [3.63, 3.8) is 0 Å². The van der Waals surface area contributed by atoms with Gasteiger partial charge in [0, 0.05) is 0 Å². The average Bonchev–Trinajstić information content (AvgIpc) is 2.88. The van der Waals surface area contributed by atoms with Crippen molar-refractivity contribution < 1.29 is 9.90 Å². The summed E-state index contributed by atoms with van der Waals surface area (Å²) in [6, 6.07) is 8.49. The summed E-state index contributed by atoms with van der Waals surface area (Å²) in [4.78, 5) is 11.1. The molecule has 1 aliphatic carbocycles. The maximum Gasteiger partial charge on any atom is 0.307 e. The van der Waals surface area contributed by atoms with Crippen LogP contribution in [0.3, 0.4) is 0 Å². The second-order valence-electron chi connectivity index (χ2n) is 7.39. The third-order valence-corrected chi connectivity index (χ3v) is 4.45. The van der Waals surface area contributed by atoms with Gasteiger partial charge in [0.1, 0.15) is 0 Å². The van der Waals surface area contributed by atoms with Crippen LogP contribution >= 0.6 is 0 Å². The summed E-state index contributed by atoms with van der Waals surface area (Å²) < 4.78 is 0. The van der Waals surface area contributed by atoms with E-state index in [1.807, 2.05) is 26.0 Å². The van der Waals surface area contributed by atoms with E-state index in [1.165, 1.54) is 5.56 Å². The normalized spacial score (nSPS) is 24.9. The zero-order valence-electron chi connectivity index (χ0n) is 13.0. The van der Waals surface area contributed by atoms with Crippen LogP contribution in [0, 0.1) is 17.3 Å². The quantitative estimate of drug-likeness (QED) is 0.888. The van der Waals surface area contributed by atoms with E-state index in [-0.39, 0.29) is 22.7 Å². The molecule has 0 saturated heterocycles. The van der Waals surface area contributed by atoms with Crippen molar-refractivity contribution in [2.24, 2.45) is 17.3 Å². The van der Waals surface area contributed by atoms with Gasteiger partial charge in [0.15, 0.2) is 0 Å². The van der Waals surface area contributed by atoms with Gasteiger partial charge in [0.05, 0.1) is 5.92 Å². The highest BCUT2D eigenvalue weighted by Gasteiger charge is 2.60. The highest BCUT2D eigenvalue weighted by Crippen LogP contribution is 2.59. The molecule has 20 heavy (non-hydrogen) atoms. The van der Waals surface area contributed by atoms with E-state index in [9.17, 15) is 4.79 Å². The van der Waals surface area contributed by atoms with Gasteiger partial charge in [-0.2, -0.15) is 0 Å². The van der Waals surface area contributed by atoms with Gasteiger partial charge in [-0.15, -0.1) is 0 Å². The van der Waals surface area contributed by atoms with E-state index in [0.717, 1.165) is 5.56 Å². The number of carbonyl (C=O) groups is 1. The van der Waals surface area contributed by atoms with E-state index in [2.05, 4.69) is 45.0 Å². The molecule has 1 N–H and O–H groups in total. The summed E-state index contributed by atoms with van der Waals surface area (Å²) in [5, 5.41) is 9.15. The number of allylic oxidation sites excluding steroid dienone is 1. The third-order valence-electron chi connectivity index (χ3n) is 4.45. The fraction of sp³-hybridized carbons (Fsp3) is 0.500. The summed E-state index contributed by atoms with van der Waals surface area (Å²) in [7, 11) is 0. The number of aliphatic carboxylic acids is 1. The molecule has 2 rings (SSSR count). The fourth-order valence-electron chi connectivity index (χ4n) is 2.82. The van der Waals surface area contributed by atoms with E-state index in [0.29, 0.717) is 0 Å². The number of carboxylic acids is 1. The third kappa shape index (κ3) is 2.79.